The van der Waals surface area contributed by atoms with Crippen LogP contribution < -0.4 is 10.6 Å². The highest BCUT2D eigenvalue weighted by molar-refractivity contribution is 6.33. The molecule has 0 atom stereocenters. The molecule has 0 aromatic heterocycles. The molecule has 0 saturated heterocycles. The minimum atomic E-state index is -0.503. The van der Waals surface area contributed by atoms with Gasteiger partial charge in [0.2, 0.25) is 0 Å². The second kappa shape index (κ2) is 4.35. The van der Waals surface area contributed by atoms with E-state index in [4.69, 9.17) is 22.1 Å². The lowest BCUT2D eigenvalue weighted by atomic mass is 10.1. The Bertz CT molecular complexity index is 494. The predicted octanol–water partition coefficient (Wildman–Crippen LogP) is 3.22. The van der Waals surface area contributed by atoms with Gasteiger partial charge in [-0.3, -0.25) is 4.90 Å². The zero-order valence-corrected chi connectivity index (χ0v) is 11.5. The van der Waals surface area contributed by atoms with Crippen LogP contribution in [-0.2, 0) is 11.2 Å². The van der Waals surface area contributed by atoms with Crippen LogP contribution in [0.5, 0.6) is 0 Å². The average Bonchev–Trinajstić information content (AvgIpc) is 2.59. The highest BCUT2D eigenvalue weighted by atomic mass is 35.5. The molecule has 1 aliphatic rings. The van der Waals surface area contributed by atoms with Gasteiger partial charge in [0.05, 0.1) is 16.4 Å². The summed E-state index contributed by atoms with van der Waals surface area (Å²) in [5.74, 6) is 0. The van der Waals surface area contributed by atoms with Crippen molar-refractivity contribution in [2.45, 2.75) is 32.8 Å². The molecule has 0 radical (unpaired) electrons. The van der Waals surface area contributed by atoms with E-state index in [0.29, 0.717) is 17.3 Å². The van der Waals surface area contributed by atoms with E-state index >= 15 is 0 Å². The maximum absolute atomic E-state index is 12.0. The number of anilines is 2. The van der Waals surface area contributed by atoms with Crippen molar-refractivity contribution in [3.05, 3.63) is 22.7 Å². The Morgan fingerprint density at radius 2 is 2.11 bits per heavy atom. The molecule has 0 fully saturated rings. The van der Waals surface area contributed by atoms with Crippen molar-refractivity contribution in [3.8, 4) is 0 Å². The molecule has 1 heterocycles. The van der Waals surface area contributed by atoms with E-state index in [1.807, 2.05) is 26.8 Å². The third-order valence-corrected chi connectivity index (χ3v) is 3.03. The third kappa shape index (κ3) is 2.53. The van der Waals surface area contributed by atoms with Crippen LogP contribution in [0.3, 0.4) is 0 Å². The first kappa shape index (κ1) is 13.0. The standard InChI is InChI=1S/C13H17ClN2O2/c1-13(2,3)18-12(17)16-5-4-8-6-10(15)9(14)7-11(8)16/h6-7H,4-5,15H2,1-3H3. The maximum Gasteiger partial charge on any atom is 0.414 e. The van der Waals surface area contributed by atoms with Crippen LogP contribution in [0.15, 0.2) is 12.1 Å². The molecule has 0 saturated carbocycles. The molecule has 0 bridgehead atoms. The summed E-state index contributed by atoms with van der Waals surface area (Å²) in [7, 11) is 0. The Morgan fingerprint density at radius 3 is 2.72 bits per heavy atom. The molecular weight excluding hydrogens is 252 g/mol. The van der Waals surface area contributed by atoms with Gasteiger partial charge in [-0.25, -0.2) is 4.79 Å². The number of hydrogen-bond donors (Lipinski definition) is 1. The molecule has 1 aliphatic heterocycles. The van der Waals surface area contributed by atoms with Crippen molar-refractivity contribution < 1.29 is 9.53 Å². The van der Waals surface area contributed by atoms with Crippen molar-refractivity contribution in [2.24, 2.45) is 0 Å². The van der Waals surface area contributed by atoms with Gasteiger partial charge in [-0.05, 0) is 44.9 Å². The van der Waals surface area contributed by atoms with Crippen molar-refractivity contribution in [1.82, 2.24) is 0 Å². The number of nitrogens with zero attached hydrogens (tertiary/aromatic N) is 1. The van der Waals surface area contributed by atoms with Crippen molar-refractivity contribution >= 4 is 29.1 Å². The molecule has 1 aromatic carbocycles. The predicted molar refractivity (Wildman–Crippen MR) is 73.1 cm³/mol. The number of carbonyl (C=O) groups excluding carboxylic acids is 1. The molecule has 4 nitrogen and oxygen atoms in total. The molecule has 2 rings (SSSR count). The Balaban J connectivity index is 2.26. The topological polar surface area (TPSA) is 55.6 Å². The zero-order chi connectivity index (χ0) is 13.5. The minimum absolute atomic E-state index is 0.345. The summed E-state index contributed by atoms with van der Waals surface area (Å²) in [6.07, 6.45) is 0.428. The molecule has 98 valence electrons. The van der Waals surface area contributed by atoms with Gasteiger partial charge in [0.1, 0.15) is 5.60 Å². The summed E-state index contributed by atoms with van der Waals surface area (Å²) in [5, 5.41) is 0.462. The van der Waals surface area contributed by atoms with Crippen molar-refractivity contribution in [1.29, 1.82) is 0 Å². The Morgan fingerprint density at radius 1 is 1.44 bits per heavy atom. The smallest absolute Gasteiger partial charge is 0.414 e. The lowest BCUT2D eigenvalue weighted by Crippen LogP contribution is -2.35. The molecule has 5 heteroatoms. The first-order chi connectivity index (χ1) is 8.28. The highest BCUT2D eigenvalue weighted by Crippen LogP contribution is 2.35. The van der Waals surface area contributed by atoms with E-state index < -0.39 is 5.60 Å². The maximum atomic E-state index is 12.0. The third-order valence-electron chi connectivity index (χ3n) is 2.71. The summed E-state index contributed by atoms with van der Waals surface area (Å²) < 4.78 is 5.36. The van der Waals surface area contributed by atoms with E-state index in [0.717, 1.165) is 17.7 Å². The first-order valence-electron chi connectivity index (χ1n) is 5.86. The van der Waals surface area contributed by atoms with Gasteiger partial charge in [-0.15, -0.1) is 0 Å². The van der Waals surface area contributed by atoms with Gasteiger partial charge < -0.3 is 10.5 Å². The summed E-state index contributed by atoms with van der Waals surface area (Å²) >= 11 is 5.99. The Hall–Kier alpha value is -1.42. The van der Waals surface area contributed by atoms with Crippen LogP contribution >= 0.6 is 11.6 Å². The van der Waals surface area contributed by atoms with E-state index in [9.17, 15) is 4.79 Å². The number of halogens is 1. The number of hydrogen-bond acceptors (Lipinski definition) is 3. The SMILES string of the molecule is CC(C)(C)OC(=O)N1CCc2cc(N)c(Cl)cc21. The Labute approximate surface area is 112 Å². The molecule has 0 spiro atoms. The summed E-state index contributed by atoms with van der Waals surface area (Å²) in [5.41, 5.74) is 7.62. The van der Waals surface area contributed by atoms with E-state index in [1.165, 1.54) is 0 Å². The van der Waals surface area contributed by atoms with Crippen LogP contribution in [0.25, 0.3) is 0 Å². The summed E-state index contributed by atoms with van der Waals surface area (Å²) in [6, 6.07) is 3.55. The number of fused-ring (bicyclic) bond motifs is 1. The molecule has 18 heavy (non-hydrogen) atoms. The van der Waals surface area contributed by atoms with Gasteiger partial charge in [-0.1, -0.05) is 11.6 Å². The normalized spacial score (nSPS) is 14.6. The first-order valence-corrected chi connectivity index (χ1v) is 6.24. The van der Waals surface area contributed by atoms with Crippen LogP contribution in [0.1, 0.15) is 26.3 Å². The van der Waals surface area contributed by atoms with Crippen molar-refractivity contribution in [2.75, 3.05) is 17.2 Å². The summed E-state index contributed by atoms with van der Waals surface area (Å²) in [6.45, 7) is 6.14. The highest BCUT2D eigenvalue weighted by Gasteiger charge is 2.29. The fourth-order valence-electron chi connectivity index (χ4n) is 1.94. The Kier molecular flexibility index (Phi) is 3.15. The second-order valence-corrected chi connectivity index (χ2v) is 5.79. The monoisotopic (exact) mass is 268 g/mol. The van der Waals surface area contributed by atoms with Crippen LogP contribution in [0.4, 0.5) is 16.2 Å². The van der Waals surface area contributed by atoms with Gasteiger partial charge in [0.25, 0.3) is 0 Å². The fraction of sp³-hybridized carbons (Fsp3) is 0.462. The number of nitrogens with two attached hydrogens (primary N) is 1. The number of benzene rings is 1. The molecule has 1 aromatic rings. The summed E-state index contributed by atoms with van der Waals surface area (Å²) in [4.78, 5) is 13.7. The van der Waals surface area contributed by atoms with Gasteiger partial charge in [-0.2, -0.15) is 0 Å². The van der Waals surface area contributed by atoms with E-state index in [2.05, 4.69) is 0 Å². The number of ether oxygens (including phenoxy) is 1. The number of carbonyl (C=O) groups is 1. The van der Waals surface area contributed by atoms with Crippen LogP contribution in [0.2, 0.25) is 5.02 Å². The second-order valence-electron chi connectivity index (χ2n) is 5.38. The van der Waals surface area contributed by atoms with E-state index in [-0.39, 0.29) is 6.09 Å². The number of nitrogen functional groups attached to an aromatic ring is 1. The van der Waals surface area contributed by atoms with Gasteiger partial charge in [0.15, 0.2) is 0 Å². The van der Waals surface area contributed by atoms with Gasteiger partial charge in [0, 0.05) is 6.54 Å². The minimum Gasteiger partial charge on any atom is -0.443 e. The van der Waals surface area contributed by atoms with Crippen LogP contribution in [0, 0.1) is 0 Å². The van der Waals surface area contributed by atoms with E-state index in [1.54, 1.807) is 11.0 Å². The molecule has 0 aliphatic carbocycles. The lowest BCUT2D eigenvalue weighted by Gasteiger charge is -2.24. The van der Waals surface area contributed by atoms with Gasteiger partial charge >= 0.3 is 6.09 Å². The lowest BCUT2D eigenvalue weighted by molar-refractivity contribution is 0.0584. The largest absolute Gasteiger partial charge is 0.443 e. The quantitative estimate of drug-likeness (QED) is 0.735. The number of rotatable bonds is 0. The van der Waals surface area contributed by atoms with Crippen molar-refractivity contribution in [3.63, 3.8) is 0 Å². The van der Waals surface area contributed by atoms with Crippen LogP contribution in [-0.4, -0.2) is 18.2 Å². The molecular formula is C13H17ClN2O2. The average molecular weight is 269 g/mol. The molecule has 2 N–H and O–H groups in total. The molecule has 0 unspecified atom stereocenters. The fourth-order valence-corrected chi connectivity index (χ4v) is 2.10. The molecule has 1 amide bonds. The number of amides is 1. The zero-order valence-electron chi connectivity index (χ0n) is 10.8.